The molecule has 0 aliphatic heterocycles. The molecule has 0 fully saturated rings. The maximum absolute atomic E-state index is 13.3. The largest absolute Gasteiger partial charge is 0.490 e. The summed E-state index contributed by atoms with van der Waals surface area (Å²) in [4.78, 5) is 10.3. The fraction of sp³-hybridized carbons (Fsp3) is 0.300. The van der Waals surface area contributed by atoms with Gasteiger partial charge >= 0.3 is 0 Å². The Morgan fingerprint density at radius 2 is 2.13 bits per heavy atom. The van der Waals surface area contributed by atoms with Crippen LogP contribution in [0.1, 0.15) is 12.5 Å². The summed E-state index contributed by atoms with van der Waals surface area (Å²) in [5.41, 5.74) is 0.246. The molecular weight excluding hydrogens is 226 g/mol. The van der Waals surface area contributed by atoms with Crippen LogP contribution in [0.2, 0.25) is 5.02 Å². The van der Waals surface area contributed by atoms with E-state index in [1.54, 1.807) is 6.92 Å². The summed E-state index contributed by atoms with van der Waals surface area (Å²) in [5.74, 6) is -2.55. The number of aldehydes is 1. The highest BCUT2D eigenvalue weighted by Gasteiger charge is 2.18. The molecule has 82 valence electrons. The van der Waals surface area contributed by atoms with Gasteiger partial charge < -0.3 is 9.53 Å². The Balaban J connectivity index is 3.29. The Labute approximate surface area is 90.8 Å². The van der Waals surface area contributed by atoms with E-state index in [1.165, 1.54) is 6.07 Å². The van der Waals surface area contributed by atoms with E-state index in [-0.39, 0.29) is 29.4 Å². The molecule has 0 spiro atoms. The van der Waals surface area contributed by atoms with E-state index in [4.69, 9.17) is 16.3 Å². The molecule has 0 N–H and O–H groups in total. The second kappa shape index (κ2) is 5.07. The predicted molar refractivity (Wildman–Crippen MR) is 52.3 cm³/mol. The lowest BCUT2D eigenvalue weighted by molar-refractivity contribution is -0.107. The normalized spacial score (nSPS) is 10.1. The minimum atomic E-state index is -1.16. The van der Waals surface area contributed by atoms with E-state index < -0.39 is 11.6 Å². The van der Waals surface area contributed by atoms with Gasteiger partial charge in [0.05, 0.1) is 11.6 Å². The summed E-state index contributed by atoms with van der Waals surface area (Å²) in [5, 5.41) is -0.354. The third kappa shape index (κ3) is 2.45. The molecule has 0 heterocycles. The van der Waals surface area contributed by atoms with E-state index in [2.05, 4.69) is 0 Å². The van der Waals surface area contributed by atoms with Crippen LogP contribution in [0.4, 0.5) is 8.78 Å². The molecule has 0 saturated carbocycles. The van der Waals surface area contributed by atoms with Crippen LogP contribution in [0.25, 0.3) is 0 Å². The molecule has 0 aromatic heterocycles. The second-order valence-corrected chi connectivity index (χ2v) is 3.19. The van der Waals surface area contributed by atoms with Crippen LogP contribution < -0.4 is 4.74 Å². The van der Waals surface area contributed by atoms with Crippen LogP contribution in [0.3, 0.4) is 0 Å². The zero-order valence-electron chi connectivity index (χ0n) is 8.02. The first-order chi connectivity index (χ1) is 7.11. The molecule has 5 heteroatoms. The summed E-state index contributed by atoms with van der Waals surface area (Å²) in [6, 6.07) is 1.19. The second-order valence-electron chi connectivity index (χ2n) is 2.78. The molecule has 1 rings (SSSR count). The van der Waals surface area contributed by atoms with Crippen LogP contribution in [-0.2, 0) is 11.2 Å². The average molecular weight is 235 g/mol. The molecule has 0 unspecified atom stereocenters. The first-order valence-electron chi connectivity index (χ1n) is 4.34. The van der Waals surface area contributed by atoms with Crippen molar-refractivity contribution in [2.45, 2.75) is 13.3 Å². The van der Waals surface area contributed by atoms with Gasteiger partial charge in [0, 0.05) is 12.0 Å². The number of hydrogen-bond acceptors (Lipinski definition) is 2. The Bertz CT molecular complexity index is 380. The van der Waals surface area contributed by atoms with Crippen molar-refractivity contribution in [3.63, 3.8) is 0 Å². The Hall–Kier alpha value is -1.16. The molecule has 0 aliphatic carbocycles. The van der Waals surface area contributed by atoms with E-state index in [1.807, 2.05) is 0 Å². The molecule has 0 atom stereocenters. The number of benzene rings is 1. The Morgan fingerprint density at radius 1 is 1.47 bits per heavy atom. The monoisotopic (exact) mass is 234 g/mol. The van der Waals surface area contributed by atoms with Gasteiger partial charge in [0.1, 0.15) is 6.29 Å². The smallest absolute Gasteiger partial charge is 0.202 e. The summed E-state index contributed by atoms with van der Waals surface area (Å²) >= 11 is 5.44. The molecule has 1 aromatic rings. The van der Waals surface area contributed by atoms with Crippen molar-refractivity contribution in [1.29, 1.82) is 0 Å². The van der Waals surface area contributed by atoms with Crippen LogP contribution in [0.5, 0.6) is 5.75 Å². The van der Waals surface area contributed by atoms with Gasteiger partial charge in [-0.1, -0.05) is 11.6 Å². The Morgan fingerprint density at radius 3 is 2.67 bits per heavy atom. The highest BCUT2D eigenvalue weighted by atomic mass is 35.5. The number of carbonyl (C=O) groups is 1. The van der Waals surface area contributed by atoms with E-state index in [0.29, 0.717) is 6.29 Å². The van der Waals surface area contributed by atoms with Crippen LogP contribution in [0, 0.1) is 11.6 Å². The number of rotatable bonds is 4. The first-order valence-corrected chi connectivity index (χ1v) is 4.72. The minimum Gasteiger partial charge on any atom is -0.490 e. The lowest BCUT2D eigenvalue weighted by Gasteiger charge is -2.10. The van der Waals surface area contributed by atoms with E-state index >= 15 is 0 Å². The Kier molecular flexibility index (Phi) is 4.03. The standard InChI is InChI=1S/C10H9ClF2O2/c1-2-15-10-6(3-4-14)5-7(11)8(12)9(10)13/h4-5H,2-3H2,1H3. The van der Waals surface area contributed by atoms with Crippen molar-refractivity contribution >= 4 is 17.9 Å². The van der Waals surface area contributed by atoms with Gasteiger partial charge in [-0.3, -0.25) is 0 Å². The maximum Gasteiger partial charge on any atom is 0.202 e. The van der Waals surface area contributed by atoms with Gasteiger partial charge in [-0.2, -0.15) is 4.39 Å². The lowest BCUT2D eigenvalue weighted by Crippen LogP contribution is -2.03. The molecule has 0 saturated heterocycles. The van der Waals surface area contributed by atoms with Gasteiger partial charge in [0.2, 0.25) is 5.82 Å². The molecule has 0 amide bonds. The van der Waals surface area contributed by atoms with Crippen LogP contribution in [0.15, 0.2) is 6.07 Å². The summed E-state index contributed by atoms with van der Waals surface area (Å²) < 4.78 is 31.3. The fourth-order valence-electron chi connectivity index (χ4n) is 1.17. The fourth-order valence-corrected chi connectivity index (χ4v) is 1.38. The maximum atomic E-state index is 13.3. The number of carbonyl (C=O) groups excluding carboxylic acids is 1. The van der Waals surface area contributed by atoms with Gasteiger partial charge in [-0.25, -0.2) is 4.39 Å². The number of ether oxygens (including phenoxy) is 1. The molecule has 2 nitrogen and oxygen atoms in total. The summed E-state index contributed by atoms with van der Waals surface area (Å²) in [6.45, 7) is 1.82. The zero-order valence-corrected chi connectivity index (χ0v) is 8.78. The van der Waals surface area contributed by atoms with Crippen molar-refractivity contribution in [2.24, 2.45) is 0 Å². The molecule has 0 radical (unpaired) electrons. The number of halogens is 3. The SMILES string of the molecule is CCOc1c(CC=O)cc(Cl)c(F)c1F. The first kappa shape index (κ1) is 11.9. The molecule has 1 aromatic carbocycles. The van der Waals surface area contributed by atoms with Crippen LogP contribution in [-0.4, -0.2) is 12.9 Å². The summed E-state index contributed by atoms with van der Waals surface area (Å²) in [7, 11) is 0. The van der Waals surface area contributed by atoms with Gasteiger partial charge in [-0.05, 0) is 13.0 Å². The highest BCUT2D eigenvalue weighted by molar-refractivity contribution is 6.30. The molecular formula is C10H9ClF2O2. The van der Waals surface area contributed by atoms with E-state index in [0.717, 1.165) is 0 Å². The quantitative estimate of drug-likeness (QED) is 0.592. The molecule has 0 bridgehead atoms. The topological polar surface area (TPSA) is 26.3 Å². The van der Waals surface area contributed by atoms with Crippen molar-refractivity contribution in [3.05, 3.63) is 28.3 Å². The van der Waals surface area contributed by atoms with Gasteiger partial charge in [0.25, 0.3) is 0 Å². The average Bonchev–Trinajstić information content (AvgIpc) is 2.21. The lowest BCUT2D eigenvalue weighted by atomic mass is 10.1. The van der Waals surface area contributed by atoms with E-state index in [9.17, 15) is 13.6 Å². The molecule has 0 aliphatic rings. The third-order valence-electron chi connectivity index (χ3n) is 1.79. The van der Waals surface area contributed by atoms with Crippen molar-refractivity contribution in [3.8, 4) is 5.75 Å². The molecule has 15 heavy (non-hydrogen) atoms. The van der Waals surface area contributed by atoms with Gasteiger partial charge in [0.15, 0.2) is 11.6 Å². The van der Waals surface area contributed by atoms with Gasteiger partial charge in [-0.15, -0.1) is 0 Å². The van der Waals surface area contributed by atoms with Crippen molar-refractivity contribution in [1.82, 2.24) is 0 Å². The van der Waals surface area contributed by atoms with Crippen molar-refractivity contribution < 1.29 is 18.3 Å². The number of hydrogen-bond donors (Lipinski definition) is 0. The zero-order chi connectivity index (χ0) is 11.4. The van der Waals surface area contributed by atoms with Crippen molar-refractivity contribution in [2.75, 3.05) is 6.61 Å². The minimum absolute atomic E-state index is 0.0632. The summed E-state index contributed by atoms with van der Waals surface area (Å²) in [6.07, 6.45) is 0.512. The predicted octanol–water partition coefficient (Wildman–Crippen LogP) is 2.76. The highest BCUT2D eigenvalue weighted by Crippen LogP contribution is 2.30. The van der Waals surface area contributed by atoms with Crippen LogP contribution >= 0.6 is 11.6 Å². The third-order valence-corrected chi connectivity index (χ3v) is 2.06.